The Morgan fingerprint density at radius 1 is 1.04 bits per heavy atom. The Morgan fingerprint density at radius 3 is 2.40 bits per heavy atom. The Morgan fingerprint density at radius 2 is 1.76 bits per heavy atom. The van der Waals surface area contributed by atoms with Gasteiger partial charge in [0.2, 0.25) is 5.91 Å². The zero-order valence-corrected chi connectivity index (χ0v) is 15.2. The van der Waals surface area contributed by atoms with E-state index >= 15 is 0 Å². The van der Waals surface area contributed by atoms with Gasteiger partial charge in [-0.15, -0.1) is 0 Å². The summed E-state index contributed by atoms with van der Waals surface area (Å²) in [5, 5.41) is 6.16. The molecule has 0 aliphatic carbocycles. The molecular formula is C20H27N3O2. The molecule has 0 bridgehead atoms. The van der Waals surface area contributed by atoms with E-state index in [0.717, 1.165) is 30.2 Å². The van der Waals surface area contributed by atoms with Gasteiger partial charge in [0, 0.05) is 49.2 Å². The van der Waals surface area contributed by atoms with Crippen LogP contribution in [0.1, 0.15) is 20.3 Å². The number of methoxy groups -OCH3 is 1. The SMILES string of the molecule is CCN(CC)c1ccc(NCCC(=O)Nc2cccc(OC)c2)cc1. The van der Waals surface area contributed by atoms with Crippen molar-refractivity contribution < 1.29 is 9.53 Å². The van der Waals surface area contributed by atoms with E-state index in [1.165, 1.54) is 5.69 Å². The Bertz CT molecular complexity index is 667. The Hall–Kier alpha value is -2.69. The van der Waals surface area contributed by atoms with Gasteiger partial charge in [-0.2, -0.15) is 0 Å². The van der Waals surface area contributed by atoms with Crippen LogP contribution in [0.4, 0.5) is 17.1 Å². The van der Waals surface area contributed by atoms with Crippen LogP contribution in [0.25, 0.3) is 0 Å². The number of carbonyl (C=O) groups is 1. The molecule has 0 atom stereocenters. The molecule has 0 spiro atoms. The van der Waals surface area contributed by atoms with Crippen LogP contribution < -0.4 is 20.3 Å². The highest BCUT2D eigenvalue weighted by molar-refractivity contribution is 5.91. The number of hydrogen-bond acceptors (Lipinski definition) is 4. The molecule has 134 valence electrons. The third-order valence-electron chi connectivity index (χ3n) is 4.03. The molecule has 0 aliphatic heterocycles. The third kappa shape index (κ3) is 5.71. The summed E-state index contributed by atoms with van der Waals surface area (Å²) in [6, 6.07) is 15.7. The second-order valence-electron chi connectivity index (χ2n) is 5.68. The predicted molar refractivity (Wildman–Crippen MR) is 105 cm³/mol. The molecule has 5 nitrogen and oxygen atoms in total. The lowest BCUT2D eigenvalue weighted by molar-refractivity contribution is -0.115. The van der Waals surface area contributed by atoms with Crippen molar-refractivity contribution >= 4 is 23.0 Å². The van der Waals surface area contributed by atoms with Crippen molar-refractivity contribution in [1.29, 1.82) is 0 Å². The van der Waals surface area contributed by atoms with E-state index in [-0.39, 0.29) is 5.91 Å². The summed E-state index contributed by atoms with van der Waals surface area (Å²) in [5.41, 5.74) is 2.98. The maximum absolute atomic E-state index is 12.0. The van der Waals surface area contributed by atoms with Crippen molar-refractivity contribution in [2.45, 2.75) is 20.3 Å². The zero-order valence-electron chi connectivity index (χ0n) is 15.2. The second-order valence-corrected chi connectivity index (χ2v) is 5.68. The van der Waals surface area contributed by atoms with Crippen molar-refractivity contribution in [3.8, 4) is 5.75 Å². The molecule has 2 rings (SSSR count). The predicted octanol–water partition coefficient (Wildman–Crippen LogP) is 3.98. The highest BCUT2D eigenvalue weighted by Crippen LogP contribution is 2.18. The van der Waals surface area contributed by atoms with Crippen LogP contribution in [0.2, 0.25) is 0 Å². The van der Waals surface area contributed by atoms with Gasteiger partial charge in [0.05, 0.1) is 7.11 Å². The summed E-state index contributed by atoms with van der Waals surface area (Å²) in [5.74, 6) is 0.699. The number of carbonyl (C=O) groups excluding carboxylic acids is 1. The Labute approximate surface area is 150 Å². The number of nitrogens with zero attached hydrogens (tertiary/aromatic N) is 1. The number of rotatable bonds is 9. The summed E-state index contributed by atoms with van der Waals surface area (Å²) in [6.07, 6.45) is 0.398. The fourth-order valence-corrected chi connectivity index (χ4v) is 2.62. The lowest BCUT2D eigenvalue weighted by atomic mass is 10.2. The van der Waals surface area contributed by atoms with E-state index in [4.69, 9.17) is 4.74 Å². The first-order valence-electron chi connectivity index (χ1n) is 8.69. The maximum Gasteiger partial charge on any atom is 0.226 e. The van der Waals surface area contributed by atoms with Gasteiger partial charge < -0.3 is 20.3 Å². The Balaban J connectivity index is 1.78. The number of benzene rings is 2. The topological polar surface area (TPSA) is 53.6 Å². The van der Waals surface area contributed by atoms with Gasteiger partial charge in [0.15, 0.2) is 0 Å². The quantitative estimate of drug-likeness (QED) is 0.724. The first-order valence-corrected chi connectivity index (χ1v) is 8.69. The van der Waals surface area contributed by atoms with Gasteiger partial charge in [-0.25, -0.2) is 0 Å². The standard InChI is InChI=1S/C20H27N3O2/c1-4-23(5-2)18-11-9-16(10-12-18)21-14-13-20(24)22-17-7-6-8-19(15-17)25-3/h6-12,15,21H,4-5,13-14H2,1-3H3,(H,22,24). The lowest BCUT2D eigenvalue weighted by Gasteiger charge is -2.21. The van der Waals surface area contributed by atoms with Gasteiger partial charge in [-0.1, -0.05) is 6.07 Å². The maximum atomic E-state index is 12.0. The molecule has 0 saturated carbocycles. The average Bonchev–Trinajstić information content (AvgIpc) is 2.64. The molecule has 0 saturated heterocycles. The van der Waals surface area contributed by atoms with Crippen LogP contribution in [0.15, 0.2) is 48.5 Å². The van der Waals surface area contributed by atoms with E-state index in [2.05, 4.69) is 41.5 Å². The first kappa shape index (κ1) is 18.6. The molecule has 0 aromatic heterocycles. The molecule has 1 amide bonds. The van der Waals surface area contributed by atoms with Crippen LogP contribution in [-0.4, -0.2) is 32.7 Å². The third-order valence-corrected chi connectivity index (χ3v) is 4.03. The van der Waals surface area contributed by atoms with Crippen LogP contribution >= 0.6 is 0 Å². The van der Waals surface area contributed by atoms with Crippen LogP contribution in [0.3, 0.4) is 0 Å². The largest absolute Gasteiger partial charge is 0.497 e. The number of amides is 1. The van der Waals surface area contributed by atoms with Gasteiger partial charge in [-0.05, 0) is 50.2 Å². The van der Waals surface area contributed by atoms with E-state index in [9.17, 15) is 4.79 Å². The smallest absolute Gasteiger partial charge is 0.226 e. The molecule has 0 radical (unpaired) electrons. The minimum atomic E-state index is -0.0273. The van der Waals surface area contributed by atoms with Crippen LogP contribution in [0.5, 0.6) is 5.75 Å². The monoisotopic (exact) mass is 341 g/mol. The minimum absolute atomic E-state index is 0.0273. The summed E-state index contributed by atoms with van der Waals surface area (Å²) >= 11 is 0. The van der Waals surface area contributed by atoms with Crippen LogP contribution in [0, 0.1) is 0 Å². The molecule has 0 heterocycles. The number of ether oxygens (including phenoxy) is 1. The van der Waals surface area contributed by atoms with Crippen LogP contribution in [-0.2, 0) is 4.79 Å². The molecule has 0 aliphatic rings. The summed E-state index contributed by atoms with van der Waals surface area (Å²) < 4.78 is 5.15. The lowest BCUT2D eigenvalue weighted by Crippen LogP contribution is -2.21. The second kappa shape index (κ2) is 9.57. The highest BCUT2D eigenvalue weighted by atomic mass is 16.5. The molecule has 0 unspecified atom stereocenters. The van der Waals surface area contributed by atoms with E-state index in [0.29, 0.717) is 13.0 Å². The van der Waals surface area contributed by atoms with Gasteiger partial charge in [0.1, 0.15) is 5.75 Å². The fourth-order valence-electron chi connectivity index (χ4n) is 2.62. The first-order chi connectivity index (χ1) is 12.2. The molecule has 0 fully saturated rings. The zero-order chi connectivity index (χ0) is 18.1. The van der Waals surface area contributed by atoms with Crippen molar-refractivity contribution in [3.05, 3.63) is 48.5 Å². The van der Waals surface area contributed by atoms with Crippen molar-refractivity contribution in [1.82, 2.24) is 0 Å². The van der Waals surface area contributed by atoms with Crippen molar-refractivity contribution in [2.24, 2.45) is 0 Å². The fraction of sp³-hybridized carbons (Fsp3) is 0.350. The number of hydrogen-bond donors (Lipinski definition) is 2. The van der Waals surface area contributed by atoms with E-state index in [1.807, 2.05) is 30.3 Å². The molecule has 5 heteroatoms. The van der Waals surface area contributed by atoms with Gasteiger partial charge in [-0.3, -0.25) is 4.79 Å². The van der Waals surface area contributed by atoms with Crippen molar-refractivity contribution in [3.63, 3.8) is 0 Å². The molecule has 2 N–H and O–H groups in total. The molecule has 2 aromatic rings. The number of nitrogens with one attached hydrogen (secondary N) is 2. The number of anilines is 3. The minimum Gasteiger partial charge on any atom is -0.497 e. The summed E-state index contributed by atoms with van der Waals surface area (Å²) in [7, 11) is 1.61. The molecule has 25 heavy (non-hydrogen) atoms. The highest BCUT2D eigenvalue weighted by Gasteiger charge is 2.04. The molecule has 2 aromatic carbocycles. The normalized spacial score (nSPS) is 10.2. The van der Waals surface area contributed by atoms with E-state index < -0.39 is 0 Å². The Kier molecular flexibility index (Phi) is 7.14. The van der Waals surface area contributed by atoms with Crippen molar-refractivity contribution in [2.75, 3.05) is 42.3 Å². The summed E-state index contributed by atoms with van der Waals surface area (Å²) in [6.45, 7) is 6.87. The van der Waals surface area contributed by atoms with Gasteiger partial charge >= 0.3 is 0 Å². The van der Waals surface area contributed by atoms with E-state index in [1.54, 1.807) is 13.2 Å². The van der Waals surface area contributed by atoms with Gasteiger partial charge in [0.25, 0.3) is 0 Å². The summed E-state index contributed by atoms with van der Waals surface area (Å²) in [4.78, 5) is 14.3. The average molecular weight is 341 g/mol. The molecular weight excluding hydrogens is 314 g/mol.